The molecule has 0 radical (unpaired) electrons. The number of likely N-dealkylation sites (tertiary alicyclic amines) is 1. The molecule has 1 aliphatic rings. The van der Waals surface area contributed by atoms with Crippen LogP contribution >= 0.6 is 15.9 Å². The van der Waals surface area contributed by atoms with E-state index in [4.69, 9.17) is 0 Å². The van der Waals surface area contributed by atoms with Gasteiger partial charge >= 0.3 is 0 Å². The van der Waals surface area contributed by atoms with Gasteiger partial charge < -0.3 is 5.32 Å². The Morgan fingerprint density at radius 3 is 2.72 bits per heavy atom. The average molecular weight is 311 g/mol. The molecule has 100 valence electrons. The van der Waals surface area contributed by atoms with Gasteiger partial charge in [-0.25, -0.2) is 0 Å². The van der Waals surface area contributed by atoms with Gasteiger partial charge in [0.15, 0.2) is 0 Å². The standard InChI is InChI=1S/C15H23BrN2/c1-12(2)17-9-14-7-8-18(11-14)10-13-3-5-15(16)6-4-13/h3-6,12,14,17H,7-11H2,1-2H3. The van der Waals surface area contributed by atoms with Gasteiger partial charge in [-0.2, -0.15) is 0 Å². The van der Waals surface area contributed by atoms with E-state index in [1.165, 1.54) is 25.1 Å². The number of rotatable bonds is 5. The van der Waals surface area contributed by atoms with Crippen molar-refractivity contribution >= 4 is 15.9 Å². The highest BCUT2D eigenvalue weighted by Gasteiger charge is 2.22. The fraction of sp³-hybridized carbons (Fsp3) is 0.600. The molecular weight excluding hydrogens is 288 g/mol. The topological polar surface area (TPSA) is 15.3 Å². The van der Waals surface area contributed by atoms with Crippen molar-refractivity contribution < 1.29 is 0 Å². The minimum Gasteiger partial charge on any atom is -0.314 e. The van der Waals surface area contributed by atoms with E-state index in [0.29, 0.717) is 6.04 Å². The predicted octanol–water partition coefficient (Wildman–Crippen LogP) is 3.27. The van der Waals surface area contributed by atoms with Crippen LogP contribution in [0.2, 0.25) is 0 Å². The third kappa shape index (κ3) is 4.38. The fourth-order valence-electron chi connectivity index (χ4n) is 2.47. The second-order valence-corrected chi connectivity index (χ2v) is 6.49. The largest absolute Gasteiger partial charge is 0.314 e. The number of nitrogens with one attached hydrogen (secondary N) is 1. The first-order chi connectivity index (χ1) is 8.63. The highest BCUT2D eigenvalue weighted by Crippen LogP contribution is 2.19. The predicted molar refractivity (Wildman–Crippen MR) is 80.7 cm³/mol. The van der Waals surface area contributed by atoms with Crippen molar-refractivity contribution in [2.75, 3.05) is 19.6 Å². The first-order valence-corrected chi connectivity index (χ1v) is 7.63. The van der Waals surface area contributed by atoms with E-state index in [2.05, 4.69) is 64.3 Å². The molecule has 3 heteroatoms. The number of hydrogen-bond acceptors (Lipinski definition) is 2. The molecule has 0 aliphatic carbocycles. The van der Waals surface area contributed by atoms with Crippen molar-refractivity contribution in [3.8, 4) is 0 Å². The van der Waals surface area contributed by atoms with E-state index in [0.717, 1.165) is 23.5 Å². The van der Waals surface area contributed by atoms with E-state index in [-0.39, 0.29) is 0 Å². The van der Waals surface area contributed by atoms with Gasteiger partial charge in [-0.3, -0.25) is 4.90 Å². The van der Waals surface area contributed by atoms with Crippen LogP contribution in [0.4, 0.5) is 0 Å². The first-order valence-electron chi connectivity index (χ1n) is 6.83. The summed E-state index contributed by atoms with van der Waals surface area (Å²) in [6.45, 7) is 9.15. The zero-order valence-electron chi connectivity index (χ0n) is 11.3. The summed E-state index contributed by atoms with van der Waals surface area (Å²) in [7, 11) is 0. The van der Waals surface area contributed by atoms with Gasteiger partial charge in [-0.05, 0) is 43.1 Å². The van der Waals surface area contributed by atoms with E-state index in [1.54, 1.807) is 0 Å². The summed E-state index contributed by atoms with van der Waals surface area (Å²) in [4.78, 5) is 2.57. The zero-order valence-corrected chi connectivity index (χ0v) is 12.9. The van der Waals surface area contributed by atoms with Gasteiger partial charge in [-0.1, -0.05) is 41.9 Å². The normalized spacial score (nSPS) is 20.8. The van der Waals surface area contributed by atoms with Crippen LogP contribution < -0.4 is 5.32 Å². The first kappa shape index (κ1) is 14.0. The summed E-state index contributed by atoms with van der Waals surface area (Å²) in [6, 6.07) is 9.28. The van der Waals surface area contributed by atoms with E-state index < -0.39 is 0 Å². The van der Waals surface area contributed by atoms with E-state index in [1.807, 2.05) is 0 Å². The molecule has 0 spiro atoms. The summed E-state index contributed by atoms with van der Waals surface area (Å²) >= 11 is 3.48. The summed E-state index contributed by atoms with van der Waals surface area (Å²) < 4.78 is 1.16. The van der Waals surface area contributed by atoms with Crippen LogP contribution in [0.25, 0.3) is 0 Å². The summed E-state index contributed by atoms with van der Waals surface area (Å²) in [5, 5.41) is 3.55. The highest BCUT2D eigenvalue weighted by molar-refractivity contribution is 9.10. The van der Waals surface area contributed by atoms with Gasteiger partial charge in [0, 0.05) is 23.6 Å². The van der Waals surface area contributed by atoms with Crippen molar-refractivity contribution in [2.24, 2.45) is 5.92 Å². The van der Waals surface area contributed by atoms with Crippen molar-refractivity contribution in [2.45, 2.75) is 32.9 Å². The number of benzene rings is 1. The molecule has 1 unspecified atom stereocenters. The molecule has 0 saturated carbocycles. The highest BCUT2D eigenvalue weighted by atomic mass is 79.9. The lowest BCUT2D eigenvalue weighted by Gasteiger charge is -2.17. The Bertz CT molecular complexity index is 361. The molecule has 0 bridgehead atoms. The molecule has 2 nitrogen and oxygen atoms in total. The molecule has 1 aromatic carbocycles. The van der Waals surface area contributed by atoms with Crippen LogP contribution in [0.15, 0.2) is 28.7 Å². The summed E-state index contributed by atoms with van der Waals surface area (Å²) in [5.41, 5.74) is 1.41. The SMILES string of the molecule is CC(C)NCC1CCN(Cc2ccc(Br)cc2)C1. The Balaban J connectivity index is 1.77. The number of nitrogens with zero attached hydrogens (tertiary/aromatic N) is 1. The molecule has 1 fully saturated rings. The summed E-state index contributed by atoms with van der Waals surface area (Å²) in [5.74, 6) is 0.822. The van der Waals surface area contributed by atoms with Crippen LogP contribution in [-0.2, 0) is 6.54 Å². The van der Waals surface area contributed by atoms with Crippen molar-refractivity contribution in [3.63, 3.8) is 0 Å². The lowest BCUT2D eigenvalue weighted by Crippen LogP contribution is -2.30. The van der Waals surface area contributed by atoms with Gasteiger partial charge in [0.25, 0.3) is 0 Å². The van der Waals surface area contributed by atoms with Crippen LogP contribution in [-0.4, -0.2) is 30.6 Å². The lowest BCUT2D eigenvalue weighted by atomic mass is 10.1. The average Bonchev–Trinajstić information content (AvgIpc) is 2.77. The molecule has 1 aliphatic heterocycles. The quantitative estimate of drug-likeness (QED) is 0.898. The molecule has 2 rings (SSSR count). The second-order valence-electron chi connectivity index (χ2n) is 5.58. The maximum atomic E-state index is 3.55. The Kier molecular flexibility index (Phi) is 5.22. The fourth-order valence-corrected chi connectivity index (χ4v) is 2.74. The Morgan fingerprint density at radius 2 is 2.06 bits per heavy atom. The van der Waals surface area contributed by atoms with Crippen LogP contribution in [0.5, 0.6) is 0 Å². The van der Waals surface area contributed by atoms with E-state index >= 15 is 0 Å². The lowest BCUT2D eigenvalue weighted by molar-refractivity contribution is 0.313. The third-order valence-electron chi connectivity index (χ3n) is 3.50. The van der Waals surface area contributed by atoms with E-state index in [9.17, 15) is 0 Å². The van der Waals surface area contributed by atoms with Gasteiger partial charge in [0.05, 0.1) is 0 Å². The summed E-state index contributed by atoms with van der Waals surface area (Å²) in [6.07, 6.45) is 1.33. The van der Waals surface area contributed by atoms with Gasteiger partial charge in [0.1, 0.15) is 0 Å². The molecule has 1 heterocycles. The van der Waals surface area contributed by atoms with Crippen molar-refractivity contribution in [1.82, 2.24) is 10.2 Å². The monoisotopic (exact) mass is 310 g/mol. The molecular formula is C15H23BrN2. The molecule has 1 atom stereocenters. The third-order valence-corrected chi connectivity index (χ3v) is 4.03. The molecule has 1 N–H and O–H groups in total. The van der Waals surface area contributed by atoms with Crippen LogP contribution in [0, 0.1) is 5.92 Å². The van der Waals surface area contributed by atoms with Crippen LogP contribution in [0.1, 0.15) is 25.8 Å². The maximum absolute atomic E-state index is 3.55. The zero-order chi connectivity index (χ0) is 13.0. The Hall–Kier alpha value is -0.380. The number of halogens is 1. The minimum absolute atomic E-state index is 0.602. The second kappa shape index (κ2) is 6.69. The Labute approximate surface area is 119 Å². The Morgan fingerprint density at radius 1 is 1.33 bits per heavy atom. The molecule has 0 aromatic heterocycles. The molecule has 0 amide bonds. The van der Waals surface area contributed by atoms with Crippen molar-refractivity contribution in [3.05, 3.63) is 34.3 Å². The molecule has 1 aromatic rings. The van der Waals surface area contributed by atoms with Crippen molar-refractivity contribution in [1.29, 1.82) is 0 Å². The number of hydrogen-bond donors (Lipinski definition) is 1. The smallest absolute Gasteiger partial charge is 0.0233 e. The van der Waals surface area contributed by atoms with Gasteiger partial charge in [-0.15, -0.1) is 0 Å². The van der Waals surface area contributed by atoms with Crippen LogP contribution in [0.3, 0.4) is 0 Å². The van der Waals surface area contributed by atoms with Gasteiger partial charge in [0.2, 0.25) is 0 Å². The maximum Gasteiger partial charge on any atom is 0.0233 e. The minimum atomic E-state index is 0.602. The molecule has 1 saturated heterocycles. The molecule has 18 heavy (non-hydrogen) atoms.